The molecule has 126 valence electrons. The lowest BCUT2D eigenvalue weighted by Gasteiger charge is -2.27. The van der Waals surface area contributed by atoms with Gasteiger partial charge in [-0.05, 0) is 50.9 Å². The molecular weight excluding hydrogens is 290 g/mol. The van der Waals surface area contributed by atoms with Gasteiger partial charge >= 0.3 is 0 Å². The molecule has 0 aromatic heterocycles. The van der Waals surface area contributed by atoms with Gasteiger partial charge in [-0.15, -0.1) is 0 Å². The van der Waals surface area contributed by atoms with Crippen molar-refractivity contribution in [2.45, 2.75) is 46.6 Å². The van der Waals surface area contributed by atoms with E-state index in [1.165, 1.54) is 0 Å². The Labute approximate surface area is 138 Å². The number of benzene rings is 1. The monoisotopic (exact) mass is 317 g/mol. The van der Waals surface area contributed by atoms with Crippen LogP contribution in [0.15, 0.2) is 18.2 Å². The van der Waals surface area contributed by atoms with Crippen molar-refractivity contribution in [2.24, 2.45) is 11.8 Å². The number of carbonyl (C=O) groups is 2. The molecule has 23 heavy (non-hydrogen) atoms. The third-order valence-corrected chi connectivity index (χ3v) is 4.28. The maximum absolute atomic E-state index is 12.5. The first-order valence-corrected chi connectivity index (χ1v) is 8.32. The van der Waals surface area contributed by atoms with E-state index in [0.717, 1.165) is 30.6 Å². The summed E-state index contributed by atoms with van der Waals surface area (Å²) in [6, 6.07) is 5.98. The summed E-state index contributed by atoms with van der Waals surface area (Å²) >= 11 is 0. The number of hydrogen-bond acceptors (Lipinski definition) is 3. The Morgan fingerprint density at radius 3 is 2.65 bits per heavy atom. The molecule has 0 bridgehead atoms. The molecule has 0 aliphatic carbocycles. The van der Waals surface area contributed by atoms with Gasteiger partial charge in [-0.2, -0.15) is 0 Å². The second kappa shape index (κ2) is 7.59. The van der Waals surface area contributed by atoms with E-state index in [0.29, 0.717) is 11.7 Å². The number of rotatable bonds is 4. The zero-order valence-electron chi connectivity index (χ0n) is 14.4. The Bertz CT molecular complexity index is 584. The average Bonchev–Trinajstić information content (AvgIpc) is 2.50. The molecule has 2 atom stereocenters. The Morgan fingerprint density at radius 2 is 2.00 bits per heavy atom. The lowest BCUT2D eigenvalue weighted by Crippen LogP contribution is -2.40. The number of aryl methyl sites for hydroxylation is 1. The normalized spacial score (nSPS) is 21.1. The molecular formula is C18H27N3O2. The van der Waals surface area contributed by atoms with Crippen molar-refractivity contribution in [2.75, 3.05) is 17.2 Å². The molecule has 1 aromatic rings. The van der Waals surface area contributed by atoms with Crippen LogP contribution in [-0.2, 0) is 9.59 Å². The maximum Gasteiger partial charge on any atom is 0.227 e. The molecule has 1 aromatic carbocycles. The van der Waals surface area contributed by atoms with Gasteiger partial charge in [0.25, 0.3) is 0 Å². The van der Waals surface area contributed by atoms with Crippen LogP contribution < -0.4 is 16.0 Å². The molecule has 2 amide bonds. The molecule has 1 saturated heterocycles. The molecule has 0 unspecified atom stereocenters. The molecule has 0 spiro atoms. The van der Waals surface area contributed by atoms with Crippen molar-refractivity contribution in [3.63, 3.8) is 0 Å². The van der Waals surface area contributed by atoms with Crippen LogP contribution in [0, 0.1) is 18.8 Å². The molecule has 1 aliphatic rings. The second-order valence-electron chi connectivity index (χ2n) is 6.74. The molecule has 1 heterocycles. The number of carbonyl (C=O) groups excluding carboxylic acids is 2. The van der Waals surface area contributed by atoms with Gasteiger partial charge in [0.2, 0.25) is 11.8 Å². The average molecular weight is 317 g/mol. The maximum atomic E-state index is 12.5. The van der Waals surface area contributed by atoms with E-state index >= 15 is 0 Å². The summed E-state index contributed by atoms with van der Waals surface area (Å²) in [6.45, 7) is 8.64. The molecule has 3 N–H and O–H groups in total. The molecule has 2 rings (SSSR count). The van der Waals surface area contributed by atoms with Gasteiger partial charge < -0.3 is 16.0 Å². The Balaban J connectivity index is 2.06. The fourth-order valence-electron chi connectivity index (χ4n) is 2.73. The minimum atomic E-state index is -0.0782. The van der Waals surface area contributed by atoms with Gasteiger partial charge in [0.05, 0.1) is 0 Å². The van der Waals surface area contributed by atoms with Crippen molar-refractivity contribution in [1.29, 1.82) is 0 Å². The zero-order chi connectivity index (χ0) is 17.0. The highest BCUT2D eigenvalue weighted by Gasteiger charge is 2.25. The Hall–Kier alpha value is -1.88. The summed E-state index contributed by atoms with van der Waals surface area (Å²) in [6.07, 6.45) is 1.72. The summed E-state index contributed by atoms with van der Waals surface area (Å²) in [5.74, 6) is -0.00257. The van der Waals surface area contributed by atoms with Crippen LogP contribution >= 0.6 is 0 Å². The summed E-state index contributed by atoms with van der Waals surface area (Å²) < 4.78 is 0. The lowest BCUT2D eigenvalue weighted by molar-refractivity contribution is -0.121. The number of nitrogens with one attached hydrogen (secondary N) is 3. The number of piperidine rings is 1. The predicted octanol–water partition coefficient (Wildman–Crippen LogP) is 2.92. The van der Waals surface area contributed by atoms with Gasteiger partial charge in [-0.3, -0.25) is 9.59 Å². The van der Waals surface area contributed by atoms with E-state index in [-0.39, 0.29) is 23.7 Å². The van der Waals surface area contributed by atoms with Crippen LogP contribution in [-0.4, -0.2) is 24.4 Å². The molecule has 5 heteroatoms. The standard InChI is InChI=1S/C18H27N3O2/c1-11(2)17(22)20-15-6-5-12(3)16(10-15)21-18(23)14-7-8-19-13(4)9-14/h5-6,10-11,13-14,19H,7-9H2,1-4H3,(H,20,22)(H,21,23)/t13-,14-/m0/s1. The first-order chi connectivity index (χ1) is 10.9. The van der Waals surface area contributed by atoms with Crippen LogP contribution in [0.25, 0.3) is 0 Å². The number of anilines is 2. The SMILES string of the molecule is Cc1ccc(NC(=O)C(C)C)cc1NC(=O)[C@H]1CCN[C@@H](C)C1. The zero-order valence-corrected chi connectivity index (χ0v) is 14.4. The highest BCUT2D eigenvalue weighted by atomic mass is 16.2. The number of amides is 2. The molecule has 5 nitrogen and oxygen atoms in total. The van der Waals surface area contributed by atoms with E-state index in [1.54, 1.807) is 0 Å². The Kier molecular flexibility index (Phi) is 5.77. The first kappa shape index (κ1) is 17.5. The van der Waals surface area contributed by atoms with Crippen molar-refractivity contribution in [3.05, 3.63) is 23.8 Å². The molecule has 0 radical (unpaired) electrons. The van der Waals surface area contributed by atoms with Crippen molar-refractivity contribution in [3.8, 4) is 0 Å². The van der Waals surface area contributed by atoms with E-state index in [2.05, 4.69) is 22.9 Å². The minimum Gasteiger partial charge on any atom is -0.326 e. The first-order valence-electron chi connectivity index (χ1n) is 8.32. The largest absolute Gasteiger partial charge is 0.326 e. The summed E-state index contributed by atoms with van der Waals surface area (Å²) in [5.41, 5.74) is 2.47. The summed E-state index contributed by atoms with van der Waals surface area (Å²) in [4.78, 5) is 24.3. The quantitative estimate of drug-likeness (QED) is 0.799. The predicted molar refractivity (Wildman–Crippen MR) is 93.5 cm³/mol. The molecule has 1 fully saturated rings. The van der Waals surface area contributed by atoms with E-state index in [4.69, 9.17) is 0 Å². The minimum absolute atomic E-state index is 0.0293. The molecule has 0 saturated carbocycles. The van der Waals surface area contributed by atoms with Crippen molar-refractivity contribution >= 4 is 23.2 Å². The highest BCUT2D eigenvalue weighted by molar-refractivity contribution is 5.96. The summed E-state index contributed by atoms with van der Waals surface area (Å²) in [5, 5.41) is 9.25. The topological polar surface area (TPSA) is 70.2 Å². The smallest absolute Gasteiger partial charge is 0.227 e. The van der Waals surface area contributed by atoms with Crippen LogP contribution in [0.4, 0.5) is 11.4 Å². The van der Waals surface area contributed by atoms with Crippen LogP contribution in [0.3, 0.4) is 0 Å². The lowest BCUT2D eigenvalue weighted by atomic mass is 9.92. The molecule has 1 aliphatic heterocycles. The van der Waals surface area contributed by atoms with Crippen LogP contribution in [0.5, 0.6) is 0 Å². The highest BCUT2D eigenvalue weighted by Crippen LogP contribution is 2.23. The van der Waals surface area contributed by atoms with Gasteiger partial charge in [-0.25, -0.2) is 0 Å². The Morgan fingerprint density at radius 1 is 1.26 bits per heavy atom. The second-order valence-corrected chi connectivity index (χ2v) is 6.74. The van der Waals surface area contributed by atoms with E-state index in [1.807, 2.05) is 39.0 Å². The van der Waals surface area contributed by atoms with Crippen LogP contribution in [0.1, 0.15) is 39.2 Å². The third kappa shape index (κ3) is 4.79. The fraction of sp³-hybridized carbons (Fsp3) is 0.556. The fourth-order valence-corrected chi connectivity index (χ4v) is 2.73. The van der Waals surface area contributed by atoms with E-state index < -0.39 is 0 Å². The van der Waals surface area contributed by atoms with E-state index in [9.17, 15) is 9.59 Å². The summed E-state index contributed by atoms with van der Waals surface area (Å²) in [7, 11) is 0. The van der Waals surface area contributed by atoms with Crippen LogP contribution in [0.2, 0.25) is 0 Å². The van der Waals surface area contributed by atoms with Gasteiger partial charge in [-0.1, -0.05) is 19.9 Å². The van der Waals surface area contributed by atoms with Gasteiger partial charge in [0.1, 0.15) is 0 Å². The van der Waals surface area contributed by atoms with Gasteiger partial charge in [0.15, 0.2) is 0 Å². The third-order valence-electron chi connectivity index (χ3n) is 4.28. The van der Waals surface area contributed by atoms with Gasteiger partial charge in [0, 0.05) is 29.3 Å². The van der Waals surface area contributed by atoms with Crippen molar-refractivity contribution in [1.82, 2.24) is 5.32 Å². The van der Waals surface area contributed by atoms with Crippen molar-refractivity contribution < 1.29 is 9.59 Å². The number of hydrogen-bond donors (Lipinski definition) is 3.